The predicted octanol–water partition coefficient (Wildman–Crippen LogP) is 3.84. The summed E-state index contributed by atoms with van der Waals surface area (Å²) in [5.74, 6) is -0.659. The first-order chi connectivity index (χ1) is 10.0. The molecule has 4 nitrogen and oxygen atoms in total. The highest BCUT2D eigenvalue weighted by Crippen LogP contribution is 2.32. The van der Waals surface area contributed by atoms with Gasteiger partial charge in [0.05, 0.1) is 5.92 Å². The van der Waals surface area contributed by atoms with E-state index in [1.54, 1.807) is 6.07 Å². The van der Waals surface area contributed by atoms with Crippen molar-refractivity contribution in [2.24, 2.45) is 5.92 Å². The Labute approximate surface area is 133 Å². The minimum Gasteiger partial charge on any atom is -0.508 e. The standard InChI is InChI=1S/C16H22BrNO3/c1-2-14(13-9-11(17)6-7-15(13)19)18-12-5-3-4-10(8-12)16(20)21/h6-7,9-10,12,14,18-19H,2-5,8H2,1H3,(H,20,21). The van der Waals surface area contributed by atoms with Crippen LogP contribution >= 0.6 is 15.9 Å². The largest absolute Gasteiger partial charge is 0.508 e. The highest BCUT2D eigenvalue weighted by molar-refractivity contribution is 9.10. The molecule has 116 valence electrons. The lowest BCUT2D eigenvalue weighted by Crippen LogP contribution is -2.38. The molecule has 0 aromatic heterocycles. The molecule has 0 saturated heterocycles. The summed E-state index contributed by atoms with van der Waals surface area (Å²) >= 11 is 3.43. The van der Waals surface area contributed by atoms with Crippen molar-refractivity contribution < 1.29 is 15.0 Å². The van der Waals surface area contributed by atoms with Crippen molar-refractivity contribution in [3.63, 3.8) is 0 Å². The Hall–Kier alpha value is -1.07. The molecule has 0 heterocycles. The second-order valence-corrected chi connectivity index (χ2v) is 6.65. The van der Waals surface area contributed by atoms with Gasteiger partial charge in [-0.1, -0.05) is 29.3 Å². The molecule has 1 aliphatic rings. The monoisotopic (exact) mass is 355 g/mol. The van der Waals surface area contributed by atoms with Crippen LogP contribution in [0.3, 0.4) is 0 Å². The average molecular weight is 356 g/mol. The van der Waals surface area contributed by atoms with Crippen LogP contribution in [-0.2, 0) is 4.79 Å². The van der Waals surface area contributed by atoms with Crippen LogP contribution in [0.2, 0.25) is 0 Å². The van der Waals surface area contributed by atoms with Gasteiger partial charge in [0.15, 0.2) is 0 Å². The summed E-state index contributed by atoms with van der Waals surface area (Å²) in [7, 11) is 0. The van der Waals surface area contributed by atoms with Gasteiger partial charge in [0.1, 0.15) is 5.75 Å². The Morgan fingerprint density at radius 1 is 1.48 bits per heavy atom. The van der Waals surface area contributed by atoms with Gasteiger partial charge in [0.25, 0.3) is 0 Å². The average Bonchev–Trinajstić information content (AvgIpc) is 2.47. The number of phenolic OH excluding ortho intramolecular Hbond substituents is 1. The molecule has 21 heavy (non-hydrogen) atoms. The molecule has 1 saturated carbocycles. The van der Waals surface area contributed by atoms with Gasteiger partial charge in [-0.25, -0.2) is 0 Å². The first-order valence-electron chi connectivity index (χ1n) is 7.48. The number of phenols is 1. The molecule has 1 aliphatic carbocycles. The fourth-order valence-corrected chi connectivity index (χ4v) is 3.46. The van der Waals surface area contributed by atoms with Gasteiger partial charge in [0, 0.05) is 22.1 Å². The maximum atomic E-state index is 11.2. The molecule has 1 fully saturated rings. The second kappa shape index (κ2) is 7.27. The van der Waals surface area contributed by atoms with Crippen LogP contribution in [0, 0.1) is 5.92 Å². The Morgan fingerprint density at radius 3 is 2.90 bits per heavy atom. The molecule has 3 atom stereocenters. The first kappa shape index (κ1) is 16.3. The summed E-state index contributed by atoms with van der Waals surface area (Å²) in [5.41, 5.74) is 0.865. The summed E-state index contributed by atoms with van der Waals surface area (Å²) in [6, 6.07) is 5.66. The summed E-state index contributed by atoms with van der Waals surface area (Å²) in [6.07, 6.45) is 4.22. The SMILES string of the molecule is CCC(NC1CCCC(C(=O)O)C1)c1cc(Br)ccc1O. The van der Waals surface area contributed by atoms with Gasteiger partial charge in [-0.2, -0.15) is 0 Å². The number of hydrogen-bond acceptors (Lipinski definition) is 3. The molecular formula is C16H22BrNO3. The molecule has 5 heteroatoms. The molecule has 1 aromatic carbocycles. The maximum Gasteiger partial charge on any atom is 0.306 e. The number of hydrogen-bond donors (Lipinski definition) is 3. The Morgan fingerprint density at radius 2 is 2.24 bits per heavy atom. The van der Waals surface area contributed by atoms with Crippen molar-refractivity contribution in [1.29, 1.82) is 0 Å². The van der Waals surface area contributed by atoms with Gasteiger partial charge in [0.2, 0.25) is 0 Å². The molecule has 1 aromatic rings. The molecule has 3 unspecified atom stereocenters. The number of aromatic hydroxyl groups is 1. The highest BCUT2D eigenvalue weighted by Gasteiger charge is 2.28. The zero-order chi connectivity index (χ0) is 15.4. The van der Waals surface area contributed by atoms with Crippen molar-refractivity contribution >= 4 is 21.9 Å². The third-order valence-corrected chi connectivity index (χ3v) is 4.73. The highest BCUT2D eigenvalue weighted by atomic mass is 79.9. The number of halogens is 1. The summed E-state index contributed by atoms with van der Waals surface area (Å²) in [4.78, 5) is 11.2. The number of aliphatic carboxylic acids is 1. The number of nitrogens with one attached hydrogen (secondary N) is 1. The Balaban J connectivity index is 2.08. The minimum absolute atomic E-state index is 0.0417. The Bertz CT molecular complexity index is 506. The van der Waals surface area contributed by atoms with Crippen LogP contribution in [0.4, 0.5) is 0 Å². The normalized spacial score (nSPS) is 23.7. The third-order valence-electron chi connectivity index (χ3n) is 4.23. The van der Waals surface area contributed by atoms with Crippen LogP contribution < -0.4 is 5.32 Å². The van der Waals surface area contributed by atoms with Crippen LogP contribution in [-0.4, -0.2) is 22.2 Å². The molecule has 0 radical (unpaired) electrons. The molecule has 0 aliphatic heterocycles. The second-order valence-electron chi connectivity index (χ2n) is 5.73. The fraction of sp³-hybridized carbons (Fsp3) is 0.562. The van der Waals surface area contributed by atoms with Gasteiger partial charge in [-0.05, 0) is 43.9 Å². The molecule has 3 N–H and O–H groups in total. The van der Waals surface area contributed by atoms with E-state index in [0.29, 0.717) is 6.42 Å². The van der Waals surface area contributed by atoms with Crippen molar-refractivity contribution in [3.8, 4) is 5.75 Å². The predicted molar refractivity (Wildman–Crippen MR) is 85.4 cm³/mol. The quantitative estimate of drug-likeness (QED) is 0.750. The van der Waals surface area contributed by atoms with Gasteiger partial charge in [-0.3, -0.25) is 4.79 Å². The van der Waals surface area contributed by atoms with Gasteiger partial charge in [-0.15, -0.1) is 0 Å². The van der Waals surface area contributed by atoms with E-state index in [-0.39, 0.29) is 23.8 Å². The molecular weight excluding hydrogens is 334 g/mol. The van der Waals surface area contributed by atoms with Crippen LogP contribution in [0.15, 0.2) is 22.7 Å². The van der Waals surface area contributed by atoms with Crippen molar-refractivity contribution in [1.82, 2.24) is 5.32 Å². The zero-order valence-electron chi connectivity index (χ0n) is 12.2. The van der Waals surface area contributed by atoms with E-state index in [9.17, 15) is 15.0 Å². The third kappa shape index (κ3) is 4.20. The minimum atomic E-state index is -0.695. The van der Waals surface area contributed by atoms with E-state index in [2.05, 4.69) is 28.2 Å². The van der Waals surface area contributed by atoms with Crippen LogP contribution in [0.1, 0.15) is 50.6 Å². The summed E-state index contributed by atoms with van der Waals surface area (Å²) in [5, 5.41) is 22.8. The van der Waals surface area contributed by atoms with Crippen molar-refractivity contribution in [3.05, 3.63) is 28.2 Å². The number of benzene rings is 1. The van der Waals surface area contributed by atoms with E-state index in [1.807, 2.05) is 12.1 Å². The van der Waals surface area contributed by atoms with E-state index in [4.69, 9.17) is 0 Å². The van der Waals surface area contributed by atoms with E-state index in [0.717, 1.165) is 35.7 Å². The van der Waals surface area contributed by atoms with Gasteiger partial charge < -0.3 is 15.5 Å². The number of carbonyl (C=O) groups is 1. The lowest BCUT2D eigenvalue weighted by Gasteiger charge is -2.31. The molecule has 0 spiro atoms. The molecule has 2 rings (SSSR count). The lowest BCUT2D eigenvalue weighted by molar-refractivity contribution is -0.143. The zero-order valence-corrected chi connectivity index (χ0v) is 13.8. The Kier molecular flexibility index (Phi) is 5.65. The van der Waals surface area contributed by atoms with Crippen molar-refractivity contribution in [2.75, 3.05) is 0 Å². The number of carboxylic acid groups (broad SMARTS) is 1. The van der Waals surface area contributed by atoms with Crippen LogP contribution in [0.25, 0.3) is 0 Å². The van der Waals surface area contributed by atoms with E-state index >= 15 is 0 Å². The van der Waals surface area contributed by atoms with Gasteiger partial charge >= 0.3 is 5.97 Å². The van der Waals surface area contributed by atoms with E-state index in [1.165, 1.54) is 0 Å². The molecule has 0 bridgehead atoms. The number of rotatable bonds is 5. The van der Waals surface area contributed by atoms with Crippen LogP contribution in [0.5, 0.6) is 5.75 Å². The topological polar surface area (TPSA) is 69.6 Å². The van der Waals surface area contributed by atoms with E-state index < -0.39 is 5.97 Å². The van der Waals surface area contributed by atoms with Crippen molar-refractivity contribution in [2.45, 2.75) is 51.1 Å². The summed E-state index contributed by atoms with van der Waals surface area (Å²) < 4.78 is 0.933. The maximum absolute atomic E-state index is 11.2. The number of carboxylic acids is 1. The smallest absolute Gasteiger partial charge is 0.306 e. The lowest BCUT2D eigenvalue weighted by atomic mass is 9.85. The first-order valence-corrected chi connectivity index (χ1v) is 8.27. The molecule has 0 amide bonds. The fourth-order valence-electron chi connectivity index (χ4n) is 3.08. The summed E-state index contributed by atoms with van der Waals surface area (Å²) in [6.45, 7) is 2.06.